The number of unbranched alkanes of at least 4 members (excludes halogenated alkanes) is 1. The van der Waals surface area contributed by atoms with Crippen LogP contribution in [0.3, 0.4) is 0 Å². The summed E-state index contributed by atoms with van der Waals surface area (Å²) in [5.74, 6) is 0.963. The van der Waals surface area contributed by atoms with Gasteiger partial charge in [-0.2, -0.15) is 16.7 Å². The van der Waals surface area contributed by atoms with E-state index < -0.39 is 5.79 Å². The molecule has 0 spiro atoms. The molecule has 1 aliphatic rings. The van der Waals surface area contributed by atoms with E-state index in [-0.39, 0.29) is 17.7 Å². The van der Waals surface area contributed by atoms with Gasteiger partial charge in [0.1, 0.15) is 35.8 Å². The van der Waals surface area contributed by atoms with Crippen LogP contribution in [0.25, 0.3) is 11.0 Å². The first kappa shape index (κ1) is 26.2. The van der Waals surface area contributed by atoms with Gasteiger partial charge in [0.15, 0.2) is 5.79 Å². The third-order valence-corrected chi connectivity index (χ3v) is 6.04. The molecule has 9 heteroatoms. The molecule has 0 unspecified atom stereocenters. The molecule has 1 aliphatic heterocycles. The van der Waals surface area contributed by atoms with Crippen LogP contribution in [0.2, 0.25) is 0 Å². The van der Waals surface area contributed by atoms with E-state index >= 15 is 0 Å². The first-order valence-corrected chi connectivity index (χ1v) is 13.2. The zero-order valence-corrected chi connectivity index (χ0v) is 22.0. The second kappa shape index (κ2) is 11.4. The lowest BCUT2D eigenvalue weighted by Crippen LogP contribution is -2.43. The van der Waals surface area contributed by atoms with Gasteiger partial charge in [-0.1, -0.05) is 13.3 Å². The highest BCUT2D eigenvalue weighted by atomic mass is 32.2. The summed E-state index contributed by atoms with van der Waals surface area (Å²) < 4.78 is 26.1. The fourth-order valence-electron chi connectivity index (χ4n) is 3.81. The molecule has 2 atom stereocenters. The molecule has 0 aromatic carbocycles. The van der Waals surface area contributed by atoms with Crippen molar-refractivity contribution in [1.29, 1.82) is 0 Å². The molecule has 0 saturated carbocycles. The van der Waals surface area contributed by atoms with Gasteiger partial charge in [0, 0.05) is 36.7 Å². The molecule has 0 aliphatic carbocycles. The Labute approximate surface area is 202 Å². The zero-order valence-electron chi connectivity index (χ0n) is 21.1. The summed E-state index contributed by atoms with van der Waals surface area (Å²) >= 11 is 1.80. The van der Waals surface area contributed by atoms with E-state index in [1.54, 1.807) is 18.1 Å². The van der Waals surface area contributed by atoms with Crippen molar-refractivity contribution < 1.29 is 18.9 Å². The van der Waals surface area contributed by atoms with Crippen LogP contribution in [0.5, 0.6) is 5.88 Å². The van der Waals surface area contributed by atoms with Crippen LogP contribution >= 0.6 is 11.8 Å². The SMILES string of the molecule is CCCCOCn1cc(CN[C@@H](CSC)[C@@H]2COC(C)(C)O2)c2ncnc(OC(C)(C)C)c21. The number of aromatic nitrogens is 3. The molecule has 2 aromatic rings. The number of thioether (sulfide) groups is 1. The second-order valence-corrected chi connectivity index (χ2v) is 10.8. The van der Waals surface area contributed by atoms with Crippen molar-refractivity contribution >= 4 is 22.8 Å². The largest absolute Gasteiger partial charge is 0.470 e. The summed E-state index contributed by atoms with van der Waals surface area (Å²) in [6, 6.07) is 0.160. The molecule has 1 fully saturated rings. The maximum Gasteiger partial charge on any atom is 0.242 e. The molecule has 3 rings (SSSR count). The minimum Gasteiger partial charge on any atom is -0.470 e. The van der Waals surface area contributed by atoms with Gasteiger partial charge in [-0.05, 0) is 47.3 Å². The molecule has 186 valence electrons. The Hall–Kier alpha value is -1.39. The number of nitrogens with one attached hydrogen (secondary N) is 1. The Balaban J connectivity index is 1.84. The Morgan fingerprint density at radius 1 is 1.33 bits per heavy atom. The number of rotatable bonds is 12. The van der Waals surface area contributed by atoms with Gasteiger partial charge in [-0.25, -0.2) is 4.98 Å². The third-order valence-electron chi connectivity index (χ3n) is 5.35. The van der Waals surface area contributed by atoms with E-state index in [9.17, 15) is 0 Å². The highest BCUT2D eigenvalue weighted by molar-refractivity contribution is 7.98. The molecular weight excluding hydrogens is 440 g/mol. The highest BCUT2D eigenvalue weighted by Crippen LogP contribution is 2.30. The molecule has 2 aromatic heterocycles. The van der Waals surface area contributed by atoms with Crippen LogP contribution in [0.15, 0.2) is 12.5 Å². The molecule has 33 heavy (non-hydrogen) atoms. The zero-order chi connectivity index (χ0) is 24.1. The predicted molar refractivity (Wildman–Crippen MR) is 133 cm³/mol. The third kappa shape index (κ3) is 7.29. The summed E-state index contributed by atoms with van der Waals surface area (Å²) in [4.78, 5) is 9.06. The average molecular weight is 481 g/mol. The highest BCUT2D eigenvalue weighted by Gasteiger charge is 2.37. The monoisotopic (exact) mass is 480 g/mol. The van der Waals surface area contributed by atoms with Crippen molar-refractivity contribution in [3.8, 4) is 5.88 Å². The van der Waals surface area contributed by atoms with E-state index in [0.29, 0.717) is 25.8 Å². The van der Waals surface area contributed by atoms with Crippen molar-refractivity contribution in [3.63, 3.8) is 0 Å². The molecule has 1 N–H and O–H groups in total. The van der Waals surface area contributed by atoms with Gasteiger partial charge in [0.2, 0.25) is 5.88 Å². The first-order valence-electron chi connectivity index (χ1n) is 11.8. The van der Waals surface area contributed by atoms with Crippen molar-refractivity contribution in [2.45, 2.75) is 91.2 Å². The fraction of sp³-hybridized carbons (Fsp3) is 0.750. The molecule has 0 bridgehead atoms. The molecule has 0 amide bonds. The molecule has 1 saturated heterocycles. The molecule has 0 radical (unpaired) electrons. The summed E-state index contributed by atoms with van der Waals surface area (Å²) in [6.45, 7) is 14.5. The smallest absolute Gasteiger partial charge is 0.242 e. The number of hydrogen-bond donors (Lipinski definition) is 1. The van der Waals surface area contributed by atoms with E-state index in [1.807, 2.05) is 34.6 Å². The number of nitrogens with zero attached hydrogens (tertiary/aromatic N) is 3. The topological polar surface area (TPSA) is 79.7 Å². The normalized spacial score (nSPS) is 19.3. The Kier molecular flexibility index (Phi) is 9.02. The quantitative estimate of drug-likeness (QED) is 0.449. The predicted octanol–water partition coefficient (Wildman–Crippen LogP) is 4.36. The lowest BCUT2D eigenvalue weighted by atomic mass is 10.2. The Morgan fingerprint density at radius 3 is 2.76 bits per heavy atom. The summed E-state index contributed by atoms with van der Waals surface area (Å²) in [7, 11) is 0. The van der Waals surface area contributed by atoms with Gasteiger partial charge < -0.3 is 28.8 Å². The van der Waals surface area contributed by atoms with Gasteiger partial charge in [-0.3, -0.25) is 0 Å². The Bertz CT molecular complexity index is 896. The number of hydrogen-bond acceptors (Lipinski definition) is 8. The van der Waals surface area contributed by atoms with E-state index in [4.69, 9.17) is 18.9 Å². The van der Waals surface area contributed by atoms with Crippen LogP contribution in [-0.4, -0.2) is 63.3 Å². The van der Waals surface area contributed by atoms with Crippen molar-refractivity contribution in [1.82, 2.24) is 19.9 Å². The minimum absolute atomic E-state index is 0.00703. The van der Waals surface area contributed by atoms with Crippen LogP contribution < -0.4 is 10.1 Å². The summed E-state index contributed by atoms with van der Waals surface area (Å²) in [6.07, 6.45) is 7.92. The molecule has 8 nitrogen and oxygen atoms in total. The minimum atomic E-state index is -0.540. The van der Waals surface area contributed by atoms with Crippen LogP contribution in [0, 0.1) is 0 Å². The average Bonchev–Trinajstić information content (AvgIpc) is 3.28. The molecular formula is C24H40N4O4S. The maximum atomic E-state index is 6.18. The van der Waals surface area contributed by atoms with Crippen LogP contribution in [0.1, 0.15) is 59.9 Å². The lowest BCUT2D eigenvalue weighted by Gasteiger charge is -2.24. The van der Waals surface area contributed by atoms with Crippen LogP contribution in [-0.2, 0) is 27.5 Å². The van der Waals surface area contributed by atoms with Gasteiger partial charge >= 0.3 is 0 Å². The van der Waals surface area contributed by atoms with Crippen molar-refractivity contribution in [2.24, 2.45) is 0 Å². The Morgan fingerprint density at radius 2 is 2.12 bits per heavy atom. The standard InChI is InChI=1S/C24H40N4O4S/c1-8-9-10-29-16-28-12-17(20-21(28)22(27-15-26-20)32-23(2,3)4)11-25-18(14-33-7)19-13-30-24(5,6)31-19/h12,15,18-19,25H,8-11,13-14,16H2,1-7H3/t18-,19-/m0/s1. The van der Waals surface area contributed by atoms with Gasteiger partial charge in [0.25, 0.3) is 0 Å². The van der Waals surface area contributed by atoms with Crippen molar-refractivity contribution in [2.75, 3.05) is 25.2 Å². The van der Waals surface area contributed by atoms with E-state index in [1.165, 1.54) is 0 Å². The lowest BCUT2D eigenvalue weighted by molar-refractivity contribution is -0.141. The van der Waals surface area contributed by atoms with Crippen molar-refractivity contribution in [3.05, 3.63) is 18.1 Å². The number of ether oxygens (including phenoxy) is 4. The summed E-state index contributed by atoms with van der Waals surface area (Å²) in [5, 5.41) is 3.69. The second-order valence-electron chi connectivity index (χ2n) is 9.92. The van der Waals surface area contributed by atoms with Gasteiger partial charge in [-0.15, -0.1) is 0 Å². The van der Waals surface area contributed by atoms with Crippen LogP contribution in [0.4, 0.5) is 0 Å². The fourth-order valence-corrected chi connectivity index (χ4v) is 4.50. The van der Waals surface area contributed by atoms with E-state index in [2.05, 4.69) is 39.2 Å². The molecule has 3 heterocycles. The summed E-state index contributed by atoms with van der Waals surface area (Å²) in [5.41, 5.74) is 2.45. The van der Waals surface area contributed by atoms with Gasteiger partial charge in [0.05, 0.1) is 6.61 Å². The first-order chi connectivity index (χ1) is 15.6. The maximum absolute atomic E-state index is 6.18. The number of fused-ring (bicyclic) bond motifs is 1. The van der Waals surface area contributed by atoms with E-state index in [0.717, 1.165) is 41.8 Å².